The van der Waals surface area contributed by atoms with Crippen LogP contribution in [0.4, 0.5) is 5.82 Å². The Bertz CT molecular complexity index is 366. The monoisotopic (exact) mass is 281 g/mol. The molecule has 0 saturated heterocycles. The Kier molecular flexibility index (Phi) is 4.34. The molecule has 16 heavy (non-hydrogen) atoms. The molecule has 0 unspecified atom stereocenters. The van der Waals surface area contributed by atoms with E-state index in [0.29, 0.717) is 0 Å². The van der Waals surface area contributed by atoms with E-state index in [1.165, 1.54) is 31.4 Å². The van der Waals surface area contributed by atoms with E-state index in [-0.39, 0.29) is 0 Å². The van der Waals surface area contributed by atoms with E-state index in [2.05, 4.69) is 31.4 Å². The van der Waals surface area contributed by atoms with Crippen LogP contribution in [-0.4, -0.2) is 10.7 Å². The Balaban J connectivity index is 1.96. The average molecular weight is 282 g/mol. The lowest BCUT2D eigenvalue weighted by atomic mass is 10.2. The van der Waals surface area contributed by atoms with Crippen LogP contribution in [-0.2, 0) is 0 Å². The van der Waals surface area contributed by atoms with Crippen LogP contribution in [0.1, 0.15) is 38.5 Å². The smallest absolute Gasteiger partial charge is 0.147 e. The molecule has 0 radical (unpaired) electrons. The molecule has 0 amide bonds. The van der Waals surface area contributed by atoms with E-state index in [1.807, 2.05) is 12.1 Å². The number of nitrogens with one attached hydrogen (secondary N) is 1. The van der Waals surface area contributed by atoms with Gasteiger partial charge in [-0.3, -0.25) is 5.43 Å². The number of anilines is 1. The number of hydrogen-bond donors (Lipinski definition) is 1. The molecule has 1 aliphatic rings. The molecule has 1 fully saturated rings. The van der Waals surface area contributed by atoms with Crippen LogP contribution >= 0.6 is 15.9 Å². The van der Waals surface area contributed by atoms with Crippen molar-refractivity contribution in [1.82, 2.24) is 4.98 Å². The third kappa shape index (κ3) is 3.59. The number of pyridine rings is 1. The second kappa shape index (κ2) is 5.99. The minimum Gasteiger partial charge on any atom is -0.261 e. The average Bonchev–Trinajstić information content (AvgIpc) is 2.55. The molecule has 4 heteroatoms. The zero-order chi connectivity index (χ0) is 11.2. The molecule has 0 atom stereocenters. The van der Waals surface area contributed by atoms with Crippen molar-refractivity contribution in [3.8, 4) is 0 Å². The van der Waals surface area contributed by atoms with E-state index >= 15 is 0 Å². The highest BCUT2D eigenvalue weighted by molar-refractivity contribution is 9.10. The van der Waals surface area contributed by atoms with E-state index < -0.39 is 0 Å². The zero-order valence-electron chi connectivity index (χ0n) is 9.25. The van der Waals surface area contributed by atoms with Crippen molar-refractivity contribution < 1.29 is 0 Å². The highest BCUT2D eigenvalue weighted by atomic mass is 79.9. The summed E-state index contributed by atoms with van der Waals surface area (Å²) in [5.74, 6) is 0.797. The summed E-state index contributed by atoms with van der Waals surface area (Å²) in [5, 5.41) is 4.44. The van der Waals surface area contributed by atoms with Crippen molar-refractivity contribution in [1.29, 1.82) is 0 Å². The van der Waals surface area contributed by atoms with Crippen molar-refractivity contribution in [2.75, 3.05) is 5.43 Å². The van der Waals surface area contributed by atoms with E-state index in [0.717, 1.165) is 23.1 Å². The lowest BCUT2D eigenvalue weighted by Gasteiger charge is -2.03. The molecule has 86 valence electrons. The van der Waals surface area contributed by atoms with Crippen LogP contribution in [0.25, 0.3) is 0 Å². The minimum absolute atomic E-state index is 0.797. The lowest BCUT2D eigenvalue weighted by molar-refractivity contribution is 0.702. The molecule has 1 aromatic rings. The number of rotatable bonds is 2. The van der Waals surface area contributed by atoms with Gasteiger partial charge in [-0.2, -0.15) is 5.10 Å². The molecule has 2 rings (SSSR count). The van der Waals surface area contributed by atoms with Crippen LogP contribution in [0.2, 0.25) is 0 Å². The lowest BCUT2D eigenvalue weighted by Crippen LogP contribution is -2.01. The summed E-state index contributed by atoms with van der Waals surface area (Å²) in [6.45, 7) is 0. The first kappa shape index (κ1) is 11.6. The van der Waals surface area contributed by atoms with Gasteiger partial charge in [-0.1, -0.05) is 28.8 Å². The van der Waals surface area contributed by atoms with Crippen LogP contribution in [0.5, 0.6) is 0 Å². The minimum atomic E-state index is 0.797. The number of hydrazone groups is 1. The molecule has 0 aliphatic heterocycles. The van der Waals surface area contributed by atoms with E-state index in [9.17, 15) is 0 Å². The summed E-state index contributed by atoms with van der Waals surface area (Å²) in [7, 11) is 0. The standard InChI is InChI=1S/C12H16BrN3/c13-10-7-8-14-12(9-10)16-15-11-5-3-1-2-4-6-11/h7-9H,1-6H2,(H,14,16). The van der Waals surface area contributed by atoms with Crippen LogP contribution < -0.4 is 5.43 Å². The van der Waals surface area contributed by atoms with Gasteiger partial charge in [-0.25, -0.2) is 4.98 Å². The fourth-order valence-corrected chi connectivity index (χ4v) is 2.19. The van der Waals surface area contributed by atoms with Crippen LogP contribution in [0.3, 0.4) is 0 Å². The van der Waals surface area contributed by atoms with Crippen molar-refractivity contribution in [3.63, 3.8) is 0 Å². The number of hydrogen-bond acceptors (Lipinski definition) is 3. The van der Waals surface area contributed by atoms with Gasteiger partial charge in [-0.15, -0.1) is 0 Å². The molecule has 1 aromatic heterocycles. The van der Waals surface area contributed by atoms with Crippen molar-refractivity contribution in [2.45, 2.75) is 38.5 Å². The fraction of sp³-hybridized carbons (Fsp3) is 0.500. The number of aromatic nitrogens is 1. The van der Waals surface area contributed by atoms with Crippen LogP contribution in [0.15, 0.2) is 27.9 Å². The highest BCUT2D eigenvalue weighted by Gasteiger charge is 2.05. The Hall–Kier alpha value is -0.900. The molecule has 0 aromatic carbocycles. The molecule has 1 heterocycles. The largest absolute Gasteiger partial charge is 0.261 e. The van der Waals surface area contributed by atoms with Gasteiger partial charge in [0.05, 0.1) is 0 Å². The molecule has 1 N–H and O–H groups in total. The first-order valence-electron chi connectivity index (χ1n) is 5.77. The van der Waals surface area contributed by atoms with E-state index in [4.69, 9.17) is 0 Å². The van der Waals surface area contributed by atoms with Gasteiger partial charge in [0.1, 0.15) is 5.82 Å². The molecule has 3 nitrogen and oxygen atoms in total. The number of nitrogens with zero attached hydrogens (tertiary/aromatic N) is 2. The number of halogens is 1. The SMILES string of the molecule is Brc1ccnc(NN=C2CCCCCC2)c1. The predicted molar refractivity (Wildman–Crippen MR) is 70.7 cm³/mol. The molecular formula is C12H16BrN3. The molecule has 1 saturated carbocycles. The third-order valence-corrected chi connectivity index (χ3v) is 3.22. The summed E-state index contributed by atoms with van der Waals surface area (Å²) >= 11 is 3.41. The topological polar surface area (TPSA) is 37.3 Å². The molecule has 0 bridgehead atoms. The van der Waals surface area contributed by atoms with Crippen molar-refractivity contribution in [2.24, 2.45) is 5.10 Å². The zero-order valence-corrected chi connectivity index (χ0v) is 10.8. The fourth-order valence-electron chi connectivity index (χ4n) is 1.85. The van der Waals surface area contributed by atoms with Crippen molar-refractivity contribution in [3.05, 3.63) is 22.8 Å². The molecule has 0 spiro atoms. The van der Waals surface area contributed by atoms with E-state index in [1.54, 1.807) is 6.20 Å². The maximum atomic E-state index is 4.44. The van der Waals surface area contributed by atoms with Gasteiger partial charge in [0.15, 0.2) is 0 Å². The second-order valence-corrected chi connectivity index (χ2v) is 4.98. The summed E-state index contributed by atoms with van der Waals surface area (Å²) in [5.41, 5.74) is 4.31. The second-order valence-electron chi connectivity index (χ2n) is 4.06. The van der Waals surface area contributed by atoms with Gasteiger partial charge >= 0.3 is 0 Å². The first-order chi connectivity index (χ1) is 7.84. The Morgan fingerprint density at radius 1 is 1.19 bits per heavy atom. The maximum Gasteiger partial charge on any atom is 0.147 e. The summed E-state index contributed by atoms with van der Waals surface area (Å²) in [6, 6.07) is 3.84. The summed E-state index contributed by atoms with van der Waals surface area (Å²) in [6.07, 6.45) is 9.24. The van der Waals surface area contributed by atoms with Gasteiger partial charge < -0.3 is 0 Å². The first-order valence-corrected chi connectivity index (χ1v) is 6.57. The normalized spacial score (nSPS) is 16.7. The van der Waals surface area contributed by atoms with Crippen LogP contribution in [0, 0.1) is 0 Å². The Morgan fingerprint density at radius 2 is 1.94 bits per heavy atom. The van der Waals surface area contributed by atoms with Gasteiger partial charge in [0.2, 0.25) is 0 Å². The quantitative estimate of drug-likeness (QED) is 0.658. The van der Waals surface area contributed by atoms with Gasteiger partial charge in [0.25, 0.3) is 0 Å². The summed E-state index contributed by atoms with van der Waals surface area (Å²) < 4.78 is 1.02. The Morgan fingerprint density at radius 3 is 2.62 bits per heavy atom. The Labute approximate surface area is 104 Å². The van der Waals surface area contributed by atoms with Gasteiger partial charge in [0, 0.05) is 16.4 Å². The van der Waals surface area contributed by atoms with Crippen molar-refractivity contribution >= 4 is 27.5 Å². The molecule has 1 aliphatic carbocycles. The third-order valence-electron chi connectivity index (χ3n) is 2.73. The predicted octanol–water partition coefficient (Wildman–Crippen LogP) is 3.97. The maximum absolute atomic E-state index is 4.44. The highest BCUT2D eigenvalue weighted by Crippen LogP contribution is 2.16. The summed E-state index contributed by atoms with van der Waals surface area (Å²) in [4.78, 5) is 4.20. The molecular weight excluding hydrogens is 266 g/mol. The van der Waals surface area contributed by atoms with Gasteiger partial charge in [-0.05, 0) is 37.8 Å².